The maximum absolute atomic E-state index is 11.4. The molecule has 0 aliphatic carbocycles. The SMILES string of the molecule is CCN(C)C(=O)NCC1CCOCC1. The molecule has 4 nitrogen and oxygen atoms in total. The van der Waals surface area contributed by atoms with Gasteiger partial charge in [-0.05, 0) is 25.7 Å². The van der Waals surface area contributed by atoms with Crippen molar-refractivity contribution in [2.75, 3.05) is 33.4 Å². The van der Waals surface area contributed by atoms with Gasteiger partial charge in [-0.25, -0.2) is 4.79 Å². The van der Waals surface area contributed by atoms with Gasteiger partial charge in [-0.2, -0.15) is 0 Å². The number of hydrogen-bond donors (Lipinski definition) is 1. The van der Waals surface area contributed by atoms with Gasteiger partial charge in [0, 0.05) is 33.4 Å². The average molecular weight is 200 g/mol. The van der Waals surface area contributed by atoms with Crippen LogP contribution >= 0.6 is 0 Å². The fourth-order valence-electron chi connectivity index (χ4n) is 1.46. The van der Waals surface area contributed by atoms with Crippen LogP contribution in [0, 0.1) is 5.92 Å². The molecular formula is C10H20N2O2. The Balaban J connectivity index is 2.15. The van der Waals surface area contributed by atoms with E-state index in [2.05, 4.69) is 5.32 Å². The van der Waals surface area contributed by atoms with Crippen molar-refractivity contribution >= 4 is 6.03 Å². The van der Waals surface area contributed by atoms with Crippen LogP contribution in [0.4, 0.5) is 4.79 Å². The number of urea groups is 1. The Morgan fingerprint density at radius 2 is 2.14 bits per heavy atom. The summed E-state index contributed by atoms with van der Waals surface area (Å²) in [5, 5.41) is 2.93. The number of amides is 2. The molecule has 0 radical (unpaired) electrons. The van der Waals surface area contributed by atoms with Crippen LogP contribution in [0.15, 0.2) is 0 Å². The van der Waals surface area contributed by atoms with Crippen molar-refractivity contribution in [2.24, 2.45) is 5.92 Å². The first-order valence-corrected chi connectivity index (χ1v) is 5.30. The average Bonchev–Trinajstić information content (AvgIpc) is 2.26. The Morgan fingerprint density at radius 1 is 1.50 bits per heavy atom. The molecule has 1 N–H and O–H groups in total. The fourth-order valence-corrected chi connectivity index (χ4v) is 1.46. The lowest BCUT2D eigenvalue weighted by atomic mass is 10.0. The zero-order valence-corrected chi connectivity index (χ0v) is 9.08. The predicted octanol–water partition coefficient (Wildman–Crippen LogP) is 1.07. The molecule has 14 heavy (non-hydrogen) atoms. The van der Waals surface area contributed by atoms with Crippen molar-refractivity contribution in [1.29, 1.82) is 0 Å². The second-order valence-electron chi connectivity index (χ2n) is 3.76. The number of carbonyl (C=O) groups excluding carboxylic acids is 1. The van der Waals surface area contributed by atoms with E-state index < -0.39 is 0 Å². The van der Waals surface area contributed by atoms with E-state index in [1.165, 1.54) is 0 Å². The van der Waals surface area contributed by atoms with E-state index in [9.17, 15) is 4.79 Å². The summed E-state index contributed by atoms with van der Waals surface area (Å²) in [5.41, 5.74) is 0. The third kappa shape index (κ3) is 3.54. The van der Waals surface area contributed by atoms with E-state index in [0.29, 0.717) is 5.92 Å². The van der Waals surface area contributed by atoms with Gasteiger partial charge >= 0.3 is 6.03 Å². The molecule has 0 aromatic rings. The van der Waals surface area contributed by atoms with Crippen LogP contribution in [-0.4, -0.2) is 44.3 Å². The monoisotopic (exact) mass is 200 g/mol. The summed E-state index contributed by atoms with van der Waals surface area (Å²) in [6, 6.07) is 0.0268. The number of nitrogens with zero attached hydrogens (tertiary/aromatic N) is 1. The van der Waals surface area contributed by atoms with Gasteiger partial charge in [0.25, 0.3) is 0 Å². The summed E-state index contributed by atoms with van der Waals surface area (Å²) < 4.78 is 5.25. The van der Waals surface area contributed by atoms with Crippen LogP contribution in [0.2, 0.25) is 0 Å². The highest BCUT2D eigenvalue weighted by molar-refractivity contribution is 5.73. The summed E-state index contributed by atoms with van der Waals surface area (Å²) in [6.07, 6.45) is 2.13. The van der Waals surface area contributed by atoms with Crippen LogP contribution in [0.5, 0.6) is 0 Å². The molecule has 0 atom stereocenters. The van der Waals surface area contributed by atoms with Gasteiger partial charge < -0.3 is 15.0 Å². The van der Waals surface area contributed by atoms with Gasteiger partial charge in [-0.1, -0.05) is 0 Å². The molecule has 0 bridgehead atoms. The van der Waals surface area contributed by atoms with Gasteiger partial charge in [0.15, 0.2) is 0 Å². The molecule has 1 rings (SSSR count). The van der Waals surface area contributed by atoms with Crippen molar-refractivity contribution in [1.82, 2.24) is 10.2 Å². The Morgan fingerprint density at radius 3 is 2.71 bits per heavy atom. The first-order chi connectivity index (χ1) is 6.74. The second kappa shape index (κ2) is 5.86. The Bertz CT molecular complexity index is 179. The van der Waals surface area contributed by atoms with Gasteiger partial charge in [0.1, 0.15) is 0 Å². The van der Waals surface area contributed by atoms with E-state index in [1.807, 2.05) is 6.92 Å². The molecule has 1 aliphatic rings. The number of ether oxygens (including phenoxy) is 1. The molecule has 2 amide bonds. The molecule has 1 saturated heterocycles. The Hall–Kier alpha value is -0.770. The molecule has 0 saturated carbocycles. The highest BCUT2D eigenvalue weighted by Crippen LogP contribution is 2.13. The molecule has 82 valence electrons. The zero-order valence-electron chi connectivity index (χ0n) is 9.08. The molecule has 4 heteroatoms. The summed E-state index contributed by atoms with van der Waals surface area (Å²) in [4.78, 5) is 13.1. The molecule has 0 unspecified atom stereocenters. The molecular weight excluding hydrogens is 180 g/mol. The molecule has 0 aromatic carbocycles. The smallest absolute Gasteiger partial charge is 0.317 e. The minimum absolute atomic E-state index is 0.0268. The highest BCUT2D eigenvalue weighted by atomic mass is 16.5. The van der Waals surface area contributed by atoms with E-state index in [-0.39, 0.29) is 6.03 Å². The second-order valence-corrected chi connectivity index (χ2v) is 3.76. The van der Waals surface area contributed by atoms with Gasteiger partial charge in [0.2, 0.25) is 0 Å². The summed E-state index contributed by atoms with van der Waals surface area (Å²) in [5.74, 6) is 0.595. The fraction of sp³-hybridized carbons (Fsp3) is 0.900. The minimum Gasteiger partial charge on any atom is -0.381 e. The number of carbonyl (C=O) groups is 1. The van der Waals surface area contributed by atoms with Crippen molar-refractivity contribution in [3.05, 3.63) is 0 Å². The number of rotatable bonds is 3. The molecule has 0 spiro atoms. The topological polar surface area (TPSA) is 41.6 Å². The number of hydrogen-bond acceptors (Lipinski definition) is 2. The maximum atomic E-state index is 11.4. The quantitative estimate of drug-likeness (QED) is 0.740. The zero-order chi connectivity index (χ0) is 10.4. The lowest BCUT2D eigenvalue weighted by Gasteiger charge is -2.23. The van der Waals surface area contributed by atoms with Crippen molar-refractivity contribution in [2.45, 2.75) is 19.8 Å². The predicted molar refractivity (Wildman–Crippen MR) is 55.2 cm³/mol. The summed E-state index contributed by atoms with van der Waals surface area (Å²) >= 11 is 0. The van der Waals surface area contributed by atoms with E-state index in [1.54, 1.807) is 11.9 Å². The summed E-state index contributed by atoms with van der Waals surface area (Å²) in [7, 11) is 1.80. The van der Waals surface area contributed by atoms with Crippen molar-refractivity contribution in [3.8, 4) is 0 Å². The molecule has 1 aliphatic heterocycles. The first kappa shape index (κ1) is 11.3. The molecule has 0 aromatic heterocycles. The first-order valence-electron chi connectivity index (χ1n) is 5.30. The van der Waals surface area contributed by atoms with Crippen molar-refractivity contribution < 1.29 is 9.53 Å². The molecule has 1 heterocycles. The van der Waals surface area contributed by atoms with Crippen LogP contribution in [-0.2, 0) is 4.74 Å². The van der Waals surface area contributed by atoms with E-state index >= 15 is 0 Å². The maximum Gasteiger partial charge on any atom is 0.317 e. The standard InChI is InChI=1S/C10H20N2O2/c1-3-12(2)10(13)11-8-9-4-6-14-7-5-9/h9H,3-8H2,1-2H3,(H,11,13). The van der Waals surface area contributed by atoms with Crippen LogP contribution in [0.3, 0.4) is 0 Å². The van der Waals surface area contributed by atoms with E-state index in [4.69, 9.17) is 4.74 Å². The third-order valence-corrected chi connectivity index (χ3v) is 2.70. The minimum atomic E-state index is 0.0268. The van der Waals surface area contributed by atoms with E-state index in [0.717, 1.165) is 39.1 Å². The Kier molecular flexibility index (Phi) is 4.73. The van der Waals surface area contributed by atoms with Crippen LogP contribution < -0.4 is 5.32 Å². The summed E-state index contributed by atoms with van der Waals surface area (Å²) in [6.45, 7) is 5.18. The van der Waals surface area contributed by atoms with Crippen LogP contribution in [0.1, 0.15) is 19.8 Å². The van der Waals surface area contributed by atoms with Gasteiger partial charge in [0.05, 0.1) is 0 Å². The third-order valence-electron chi connectivity index (χ3n) is 2.70. The van der Waals surface area contributed by atoms with Crippen molar-refractivity contribution in [3.63, 3.8) is 0 Å². The molecule has 1 fully saturated rings. The van der Waals surface area contributed by atoms with Crippen LogP contribution in [0.25, 0.3) is 0 Å². The largest absolute Gasteiger partial charge is 0.381 e. The lowest BCUT2D eigenvalue weighted by molar-refractivity contribution is 0.0665. The van der Waals surface area contributed by atoms with Gasteiger partial charge in [-0.15, -0.1) is 0 Å². The van der Waals surface area contributed by atoms with Gasteiger partial charge in [-0.3, -0.25) is 0 Å². The normalized spacial score (nSPS) is 17.9. The number of nitrogens with one attached hydrogen (secondary N) is 1. The Labute approximate surface area is 85.6 Å². The highest BCUT2D eigenvalue weighted by Gasteiger charge is 2.15. The lowest BCUT2D eigenvalue weighted by Crippen LogP contribution is -2.40.